The number of rotatable bonds is 8. The van der Waals surface area contributed by atoms with Gasteiger partial charge in [-0.2, -0.15) is 0 Å². The Morgan fingerprint density at radius 2 is 1.10 bits per heavy atom. The average molecular weight is 605 g/mol. The summed E-state index contributed by atoms with van der Waals surface area (Å²) in [5.74, 6) is 1.27. The lowest BCUT2D eigenvalue weighted by molar-refractivity contribution is 0.298. The van der Waals surface area contributed by atoms with Gasteiger partial charge in [0.2, 0.25) is 5.84 Å². The maximum Gasteiger partial charge on any atom is 0.289 e. The first-order valence-electron chi connectivity index (χ1n) is 13.6. The Morgan fingerprint density at radius 1 is 0.659 bits per heavy atom. The van der Waals surface area contributed by atoms with Crippen LogP contribution in [0.5, 0.6) is 0 Å². The van der Waals surface area contributed by atoms with Crippen LogP contribution in [0.1, 0.15) is 70.7 Å². The molecule has 0 aromatic heterocycles. The summed E-state index contributed by atoms with van der Waals surface area (Å²) < 4.78 is 52.6. The minimum Gasteiger partial charge on any atom is -0.475 e. The molecule has 2 aliphatic rings. The summed E-state index contributed by atoms with van der Waals surface area (Å²) in [6.45, 7) is 11.0. The van der Waals surface area contributed by atoms with Gasteiger partial charge in [0, 0.05) is 6.04 Å². The van der Waals surface area contributed by atoms with Gasteiger partial charge in [-0.05, 0) is 44.7 Å². The number of hydrogen-bond donors (Lipinski definition) is 2. The molecule has 2 aromatic carbocycles. The van der Waals surface area contributed by atoms with E-state index in [-0.39, 0.29) is 23.9 Å². The summed E-state index contributed by atoms with van der Waals surface area (Å²) in [5.41, 5.74) is 8.18. The van der Waals surface area contributed by atoms with Crippen LogP contribution in [0.15, 0.2) is 78.3 Å². The molecule has 0 aliphatic carbocycles. The molecule has 224 valence electrons. The molecule has 0 saturated carbocycles. The minimum absolute atomic E-state index is 0.0979. The van der Waals surface area contributed by atoms with E-state index < -0.39 is 22.3 Å². The first-order valence-corrected chi connectivity index (χ1v) is 15.7. The number of hydrogen-bond acceptors (Lipinski definition) is 7. The summed E-state index contributed by atoms with van der Waals surface area (Å²) in [6, 6.07) is 20.5. The smallest absolute Gasteiger partial charge is 0.289 e. The Balaban J connectivity index is 0.000000230. The number of nitrogens with one attached hydrogen (secondary N) is 1. The molecule has 0 radical (unpaired) electrons. The largest absolute Gasteiger partial charge is 0.475 e. The van der Waals surface area contributed by atoms with Crippen molar-refractivity contribution < 1.29 is 22.6 Å². The second-order valence-electron chi connectivity index (χ2n) is 8.33. The van der Waals surface area contributed by atoms with Gasteiger partial charge < -0.3 is 25.3 Å². The first-order chi connectivity index (χ1) is 19.9. The zero-order chi connectivity index (χ0) is 30.0. The normalized spacial score (nSPS) is 17.3. The molecule has 4 rings (SSSR count). The van der Waals surface area contributed by atoms with E-state index >= 15 is 0 Å². The number of benzene rings is 2. The summed E-state index contributed by atoms with van der Waals surface area (Å²) in [7, 11) is 0. The Bertz CT molecular complexity index is 1220. The van der Waals surface area contributed by atoms with Crippen molar-refractivity contribution in [3.05, 3.63) is 71.8 Å². The van der Waals surface area contributed by atoms with Crippen LogP contribution in [0.25, 0.3) is 0 Å². The van der Waals surface area contributed by atoms with E-state index in [0.717, 1.165) is 18.4 Å². The third kappa shape index (κ3) is 11.5. The minimum atomic E-state index is -1.57. The van der Waals surface area contributed by atoms with Crippen LogP contribution in [0.2, 0.25) is 0 Å². The van der Waals surface area contributed by atoms with Crippen LogP contribution in [0.3, 0.4) is 0 Å². The predicted octanol–water partition coefficient (Wildman–Crippen LogP) is 4.70. The highest BCUT2D eigenvalue weighted by atomic mass is 32.2. The Hall–Kier alpha value is -3.42. The monoisotopic (exact) mass is 604 g/mol. The molecule has 0 bridgehead atoms. The third-order valence-corrected chi connectivity index (χ3v) is 6.77. The number of nitrogens with zero attached hydrogens (tertiary/aromatic N) is 4. The highest BCUT2D eigenvalue weighted by Crippen LogP contribution is 2.17. The molecule has 3 N–H and O–H groups in total. The molecule has 13 heteroatoms. The van der Waals surface area contributed by atoms with Crippen LogP contribution >= 0.6 is 0 Å². The fourth-order valence-corrected chi connectivity index (χ4v) is 4.66. The highest BCUT2D eigenvalue weighted by molar-refractivity contribution is 7.83. The van der Waals surface area contributed by atoms with E-state index in [4.69, 9.17) is 19.9 Å². The van der Waals surface area contributed by atoms with Crippen LogP contribution in [-0.4, -0.2) is 51.8 Å². The second kappa shape index (κ2) is 18.8. The van der Waals surface area contributed by atoms with Gasteiger partial charge >= 0.3 is 0 Å². The van der Waals surface area contributed by atoms with Crippen molar-refractivity contribution in [2.45, 2.75) is 59.5 Å². The van der Waals surface area contributed by atoms with Crippen LogP contribution in [-0.2, 0) is 36.6 Å². The topological polar surface area (TPSA) is 149 Å². The summed E-state index contributed by atoms with van der Waals surface area (Å²) in [4.78, 5) is 0. The molecule has 2 aromatic rings. The summed E-state index contributed by atoms with van der Waals surface area (Å²) in [5, 5.41) is 3.25. The summed E-state index contributed by atoms with van der Waals surface area (Å²) >= 11 is -3.13. The molecular weight excluding hydrogens is 564 g/mol. The fraction of sp³-hybridized carbons (Fsp3) is 0.429. The highest BCUT2D eigenvalue weighted by Gasteiger charge is 2.23. The van der Waals surface area contributed by atoms with Gasteiger partial charge in [0.15, 0.2) is 0 Å². The van der Waals surface area contributed by atoms with E-state index in [9.17, 15) is 8.42 Å². The number of nitrogens with two attached hydrogens (primary N) is 1. The van der Waals surface area contributed by atoms with Gasteiger partial charge in [0.25, 0.3) is 40.0 Å². The van der Waals surface area contributed by atoms with Crippen molar-refractivity contribution in [3.8, 4) is 0 Å². The van der Waals surface area contributed by atoms with E-state index in [0.29, 0.717) is 31.6 Å². The molecule has 1 unspecified atom stereocenters. The maximum atomic E-state index is 11.4. The Labute approximate surface area is 247 Å². The number of ether oxygens (including phenoxy) is 3. The van der Waals surface area contributed by atoms with E-state index in [2.05, 4.69) is 48.9 Å². The molecule has 0 fully saturated rings. The number of amidine groups is 1. The SMILES string of the molecule is CCOC1=NS(=O)N=C1N[C@H](CC)c1ccccc1.CCOC1=NS(=O)N=C1OCC.CC[C@@H](N)c1ccccc1. The molecule has 2 aliphatic heterocycles. The quantitative estimate of drug-likeness (QED) is 0.444. The van der Waals surface area contributed by atoms with Crippen molar-refractivity contribution in [1.82, 2.24) is 5.32 Å². The summed E-state index contributed by atoms with van der Waals surface area (Å²) in [6.07, 6.45) is 1.89. The van der Waals surface area contributed by atoms with E-state index in [1.54, 1.807) is 0 Å². The lowest BCUT2D eigenvalue weighted by Gasteiger charge is -2.18. The van der Waals surface area contributed by atoms with Crippen molar-refractivity contribution in [2.24, 2.45) is 23.3 Å². The van der Waals surface area contributed by atoms with Crippen molar-refractivity contribution in [2.75, 3.05) is 19.8 Å². The Morgan fingerprint density at radius 3 is 1.56 bits per heavy atom. The van der Waals surface area contributed by atoms with E-state index in [1.807, 2.05) is 69.3 Å². The fourth-order valence-electron chi connectivity index (χ4n) is 3.47. The van der Waals surface area contributed by atoms with Gasteiger partial charge in [0.1, 0.15) is 0 Å². The third-order valence-electron chi connectivity index (χ3n) is 5.47. The molecule has 0 amide bonds. The first kappa shape index (κ1) is 33.8. The molecule has 41 heavy (non-hydrogen) atoms. The van der Waals surface area contributed by atoms with Gasteiger partial charge in [-0.25, -0.2) is 8.42 Å². The molecule has 3 atom stereocenters. The van der Waals surface area contributed by atoms with Gasteiger partial charge in [0.05, 0.1) is 25.9 Å². The van der Waals surface area contributed by atoms with Crippen molar-refractivity contribution in [1.29, 1.82) is 0 Å². The average Bonchev–Trinajstić information content (AvgIpc) is 3.53. The zero-order valence-electron chi connectivity index (χ0n) is 24.2. The van der Waals surface area contributed by atoms with Crippen molar-refractivity contribution in [3.63, 3.8) is 0 Å². The standard InChI is InChI=1S/C13H17N3O2S.C9H13N.C6H10N2O3S/c1-3-11(10-8-6-5-7-9-10)14-12-13(18-4-2)16-19(17)15-12;1-2-9(10)8-6-4-3-5-7-8;1-3-10-5-6(11-4-2)8-12(9)7-5/h5-9,11H,3-4H2,1-2H3,(H,14,15);3-7,9H,2,10H2,1H3;3-4H2,1-2H3/t11-,19?;9-;/m11./s1. The Kier molecular flexibility index (Phi) is 15.5. The van der Waals surface area contributed by atoms with Gasteiger partial charge in [-0.15, -0.1) is 17.6 Å². The van der Waals surface area contributed by atoms with Gasteiger partial charge in [-0.3, -0.25) is 0 Å². The lowest BCUT2D eigenvalue weighted by atomic mass is 10.0. The zero-order valence-corrected chi connectivity index (χ0v) is 25.8. The molecule has 2 heterocycles. The second-order valence-corrected chi connectivity index (χ2v) is 9.98. The van der Waals surface area contributed by atoms with Gasteiger partial charge in [-0.1, -0.05) is 74.5 Å². The molecule has 0 saturated heterocycles. The molecular formula is C28H40N6O5S2. The lowest BCUT2D eigenvalue weighted by Crippen LogP contribution is -2.34. The molecule has 0 spiro atoms. The van der Waals surface area contributed by atoms with Crippen LogP contribution in [0.4, 0.5) is 0 Å². The molecule has 11 nitrogen and oxygen atoms in total. The van der Waals surface area contributed by atoms with Crippen molar-refractivity contribution >= 4 is 45.9 Å². The van der Waals surface area contributed by atoms with E-state index in [1.165, 1.54) is 5.56 Å². The van der Waals surface area contributed by atoms with Crippen LogP contribution < -0.4 is 11.1 Å². The predicted molar refractivity (Wildman–Crippen MR) is 167 cm³/mol. The van der Waals surface area contributed by atoms with Crippen LogP contribution in [0, 0.1) is 0 Å². The maximum absolute atomic E-state index is 11.4.